The van der Waals surface area contributed by atoms with Gasteiger partial charge in [0.1, 0.15) is 0 Å². The molecule has 2 aromatic carbocycles. The van der Waals surface area contributed by atoms with Crippen LogP contribution in [0.1, 0.15) is 29.9 Å². The first-order chi connectivity index (χ1) is 16.1. The van der Waals surface area contributed by atoms with Crippen LogP contribution in [0.15, 0.2) is 53.1 Å². The van der Waals surface area contributed by atoms with Crippen LogP contribution in [0.2, 0.25) is 5.02 Å². The molecule has 1 fully saturated rings. The molecule has 4 rings (SSSR count). The Kier molecular flexibility index (Phi) is 8.42. The van der Waals surface area contributed by atoms with E-state index in [1.807, 2.05) is 49.4 Å². The van der Waals surface area contributed by atoms with Gasteiger partial charge in [0.05, 0.1) is 6.54 Å². The molecule has 1 saturated heterocycles. The largest absolute Gasteiger partial charge is 0.355 e. The van der Waals surface area contributed by atoms with Crippen molar-refractivity contribution in [3.05, 3.63) is 70.6 Å². The van der Waals surface area contributed by atoms with E-state index in [1.54, 1.807) is 11.8 Å². The molecule has 1 aliphatic rings. The van der Waals surface area contributed by atoms with E-state index in [-0.39, 0.29) is 11.8 Å². The fraction of sp³-hybridized carbons (Fsp3) is 0.400. The number of piperidine rings is 1. The molecule has 8 heteroatoms. The maximum atomic E-state index is 12.5. The summed E-state index contributed by atoms with van der Waals surface area (Å²) in [6.45, 7) is 5.05. The van der Waals surface area contributed by atoms with Crippen molar-refractivity contribution in [2.45, 2.75) is 32.1 Å². The summed E-state index contributed by atoms with van der Waals surface area (Å²) in [5.41, 5.74) is 3.33. The number of amides is 1. The lowest BCUT2D eigenvalue weighted by atomic mass is 9.96. The van der Waals surface area contributed by atoms with Gasteiger partial charge in [0.25, 0.3) is 0 Å². The van der Waals surface area contributed by atoms with Crippen molar-refractivity contribution in [2.24, 2.45) is 5.92 Å². The minimum absolute atomic E-state index is 0.0735. The number of nitrogens with zero attached hydrogens (tertiary/aromatic N) is 3. The predicted octanol–water partition coefficient (Wildman–Crippen LogP) is 4.96. The lowest BCUT2D eigenvalue weighted by Crippen LogP contribution is -2.40. The molecular weight excluding hydrogens is 456 g/mol. The van der Waals surface area contributed by atoms with Gasteiger partial charge < -0.3 is 9.84 Å². The van der Waals surface area contributed by atoms with Crippen molar-refractivity contribution in [1.29, 1.82) is 0 Å². The zero-order valence-electron chi connectivity index (χ0n) is 18.8. The van der Waals surface area contributed by atoms with Crippen LogP contribution in [0, 0.1) is 12.8 Å². The van der Waals surface area contributed by atoms with Crippen LogP contribution < -0.4 is 5.32 Å². The molecule has 1 N–H and O–H groups in total. The highest BCUT2D eigenvalue weighted by atomic mass is 35.5. The number of thioether (sulfide) groups is 1. The molecule has 0 aliphatic carbocycles. The van der Waals surface area contributed by atoms with E-state index in [9.17, 15) is 4.79 Å². The second-order valence-corrected chi connectivity index (χ2v) is 9.89. The summed E-state index contributed by atoms with van der Waals surface area (Å²) in [6.07, 6.45) is 1.69. The molecule has 1 aromatic heterocycles. The van der Waals surface area contributed by atoms with Gasteiger partial charge >= 0.3 is 0 Å². The summed E-state index contributed by atoms with van der Waals surface area (Å²) >= 11 is 7.82. The van der Waals surface area contributed by atoms with E-state index in [4.69, 9.17) is 16.1 Å². The molecule has 0 unspecified atom stereocenters. The zero-order valence-corrected chi connectivity index (χ0v) is 20.4. The number of carbonyl (C=O) groups is 1. The molecule has 0 saturated carbocycles. The molecule has 3 aromatic rings. The number of aryl methyl sites for hydroxylation is 1. The highest BCUT2D eigenvalue weighted by molar-refractivity contribution is 7.98. The maximum absolute atomic E-state index is 12.5. The SMILES string of the molecule is Cc1ccccc1-c1noc(CN2CCC(C(=O)NCCSCc3cccc(Cl)c3)CC2)n1. The van der Waals surface area contributed by atoms with Crippen LogP contribution in [-0.4, -0.2) is 46.3 Å². The minimum atomic E-state index is 0.0735. The Morgan fingerprint density at radius 2 is 2.03 bits per heavy atom. The number of likely N-dealkylation sites (tertiary alicyclic amines) is 1. The number of hydrogen-bond donors (Lipinski definition) is 1. The number of hydrogen-bond acceptors (Lipinski definition) is 6. The maximum Gasteiger partial charge on any atom is 0.241 e. The third-order valence-corrected chi connectivity index (χ3v) is 7.14. The van der Waals surface area contributed by atoms with Crippen molar-refractivity contribution >= 4 is 29.3 Å². The van der Waals surface area contributed by atoms with Gasteiger partial charge in [-0.15, -0.1) is 0 Å². The molecule has 0 radical (unpaired) electrons. The van der Waals surface area contributed by atoms with Crippen LogP contribution in [0.5, 0.6) is 0 Å². The van der Waals surface area contributed by atoms with E-state index in [0.29, 0.717) is 24.8 Å². The lowest BCUT2D eigenvalue weighted by Gasteiger charge is -2.30. The zero-order chi connectivity index (χ0) is 23.0. The second-order valence-electron chi connectivity index (χ2n) is 8.35. The van der Waals surface area contributed by atoms with Crippen molar-refractivity contribution in [1.82, 2.24) is 20.4 Å². The Morgan fingerprint density at radius 1 is 1.21 bits per heavy atom. The fourth-order valence-corrected chi connectivity index (χ4v) is 5.02. The molecule has 1 aliphatic heterocycles. The Labute approximate surface area is 204 Å². The average molecular weight is 485 g/mol. The smallest absolute Gasteiger partial charge is 0.241 e. The monoisotopic (exact) mass is 484 g/mol. The third-order valence-electron chi connectivity index (χ3n) is 5.87. The number of aromatic nitrogens is 2. The summed E-state index contributed by atoms with van der Waals surface area (Å²) in [4.78, 5) is 19.4. The lowest BCUT2D eigenvalue weighted by molar-refractivity contribution is -0.126. The topological polar surface area (TPSA) is 71.3 Å². The molecule has 6 nitrogen and oxygen atoms in total. The van der Waals surface area contributed by atoms with Crippen molar-refractivity contribution < 1.29 is 9.32 Å². The van der Waals surface area contributed by atoms with Gasteiger partial charge in [-0.3, -0.25) is 9.69 Å². The molecule has 0 bridgehead atoms. The normalized spacial score (nSPS) is 15.0. The summed E-state index contributed by atoms with van der Waals surface area (Å²) in [5.74, 6) is 3.27. The van der Waals surface area contributed by atoms with Crippen LogP contribution in [-0.2, 0) is 17.1 Å². The highest BCUT2D eigenvalue weighted by Crippen LogP contribution is 2.22. The number of nitrogens with one attached hydrogen (secondary N) is 1. The summed E-state index contributed by atoms with van der Waals surface area (Å²) < 4.78 is 5.47. The Bertz CT molecular complexity index is 1070. The van der Waals surface area contributed by atoms with E-state index in [0.717, 1.165) is 53.6 Å². The van der Waals surface area contributed by atoms with Crippen molar-refractivity contribution in [2.75, 3.05) is 25.4 Å². The van der Waals surface area contributed by atoms with Crippen molar-refractivity contribution in [3.63, 3.8) is 0 Å². The average Bonchev–Trinajstić information content (AvgIpc) is 3.28. The number of rotatable bonds is 9. The van der Waals surface area contributed by atoms with Gasteiger partial charge in [-0.25, -0.2) is 0 Å². The first-order valence-corrected chi connectivity index (χ1v) is 12.8. The van der Waals surface area contributed by atoms with Gasteiger partial charge in [-0.1, -0.05) is 53.2 Å². The summed E-state index contributed by atoms with van der Waals surface area (Å²) in [5, 5.41) is 8.00. The quantitative estimate of drug-likeness (QED) is 0.433. The predicted molar refractivity (Wildman–Crippen MR) is 133 cm³/mol. The standard InChI is InChI=1S/C25H29ClN4O2S/c1-18-5-2-3-8-22(18)24-28-23(32-29-24)16-30-12-9-20(10-13-30)25(31)27-11-14-33-17-19-6-4-7-21(26)15-19/h2-8,15,20H,9-14,16-17H2,1H3,(H,27,31). The highest BCUT2D eigenvalue weighted by Gasteiger charge is 2.25. The first-order valence-electron chi connectivity index (χ1n) is 11.3. The van der Waals surface area contributed by atoms with Crippen molar-refractivity contribution in [3.8, 4) is 11.4 Å². The van der Waals surface area contributed by atoms with Gasteiger partial charge in [0, 0.05) is 34.6 Å². The molecular formula is C25H29ClN4O2S. The van der Waals surface area contributed by atoms with Gasteiger partial charge in [-0.05, 0) is 56.1 Å². The van der Waals surface area contributed by atoms with Crippen LogP contribution in [0.3, 0.4) is 0 Å². The molecule has 0 spiro atoms. The van der Waals surface area contributed by atoms with Crippen LogP contribution in [0.4, 0.5) is 0 Å². The fourth-order valence-electron chi connectivity index (χ4n) is 4.00. The molecule has 0 atom stereocenters. The Morgan fingerprint density at radius 3 is 2.82 bits per heavy atom. The molecule has 2 heterocycles. The van der Waals surface area contributed by atoms with E-state index in [2.05, 4.69) is 26.4 Å². The summed E-state index contributed by atoms with van der Waals surface area (Å²) in [7, 11) is 0. The molecule has 33 heavy (non-hydrogen) atoms. The van der Waals surface area contributed by atoms with Gasteiger partial charge in [0.15, 0.2) is 0 Å². The van der Waals surface area contributed by atoms with E-state index < -0.39 is 0 Å². The van der Waals surface area contributed by atoms with Crippen LogP contribution >= 0.6 is 23.4 Å². The third kappa shape index (κ3) is 6.82. The summed E-state index contributed by atoms with van der Waals surface area (Å²) in [6, 6.07) is 15.9. The Balaban J connectivity index is 1.15. The van der Waals surface area contributed by atoms with E-state index in [1.165, 1.54) is 5.56 Å². The second kappa shape index (κ2) is 11.7. The number of carbonyl (C=O) groups excluding carboxylic acids is 1. The number of halogens is 1. The van der Waals surface area contributed by atoms with Gasteiger partial charge in [-0.2, -0.15) is 16.7 Å². The number of benzene rings is 2. The Hall–Kier alpha value is -2.35. The minimum Gasteiger partial charge on any atom is -0.355 e. The van der Waals surface area contributed by atoms with Crippen LogP contribution in [0.25, 0.3) is 11.4 Å². The first kappa shape index (κ1) is 23.8. The van der Waals surface area contributed by atoms with Gasteiger partial charge in [0.2, 0.25) is 17.6 Å². The molecule has 174 valence electrons. The molecule has 1 amide bonds. The van der Waals surface area contributed by atoms with E-state index >= 15 is 0 Å².